The quantitative estimate of drug-likeness (QED) is 0.849. The Morgan fingerprint density at radius 2 is 2.28 bits per heavy atom. The van der Waals surface area contributed by atoms with E-state index in [4.69, 9.17) is 23.2 Å². The number of thiophene rings is 1. The Kier molecular flexibility index (Phi) is 3.46. The Morgan fingerprint density at radius 3 is 3.11 bits per heavy atom. The number of aromatic nitrogens is 1. The van der Waals surface area contributed by atoms with E-state index < -0.39 is 0 Å². The summed E-state index contributed by atoms with van der Waals surface area (Å²) in [6.07, 6.45) is 6.88. The highest BCUT2D eigenvalue weighted by molar-refractivity contribution is 7.16. The molecule has 1 N–H and O–H groups in total. The van der Waals surface area contributed by atoms with Gasteiger partial charge in [0.25, 0.3) is 0 Å². The molecule has 1 atom stereocenters. The highest BCUT2D eigenvalue weighted by Crippen LogP contribution is 2.39. The Bertz CT molecular complexity index is 568. The lowest BCUT2D eigenvalue weighted by Crippen LogP contribution is -2.15. The molecule has 0 saturated carbocycles. The number of hydrogen-bond acceptors (Lipinski definition) is 3. The second-order valence-corrected chi connectivity index (χ2v) is 6.55. The van der Waals surface area contributed by atoms with Crippen molar-refractivity contribution in [3.8, 4) is 0 Å². The molecular weight excluding hydrogens is 287 g/mol. The van der Waals surface area contributed by atoms with Crippen molar-refractivity contribution < 1.29 is 0 Å². The van der Waals surface area contributed by atoms with Crippen molar-refractivity contribution >= 4 is 40.2 Å². The fourth-order valence-electron chi connectivity index (χ4n) is 2.34. The average molecular weight is 299 g/mol. The van der Waals surface area contributed by atoms with E-state index in [2.05, 4.69) is 16.4 Å². The molecule has 0 radical (unpaired) electrons. The van der Waals surface area contributed by atoms with Gasteiger partial charge < -0.3 is 5.32 Å². The van der Waals surface area contributed by atoms with E-state index >= 15 is 0 Å². The number of nitrogens with one attached hydrogen (secondary N) is 1. The predicted molar refractivity (Wildman–Crippen MR) is 77.9 cm³/mol. The standard InChI is InChI=1S/C13H12Cl2N2S/c14-9-4-5-16-7-11(9)17-10-2-1-3-12-8(10)6-13(15)18-12/h4-7,10,17H,1-3H2. The van der Waals surface area contributed by atoms with Gasteiger partial charge in [0.05, 0.1) is 27.3 Å². The third kappa shape index (κ3) is 2.35. The van der Waals surface area contributed by atoms with Crippen LogP contribution in [0.4, 0.5) is 5.69 Å². The van der Waals surface area contributed by atoms with E-state index in [-0.39, 0.29) is 0 Å². The molecule has 0 fully saturated rings. The molecule has 18 heavy (non-hydrogen) atoms. The van der Waals surface area contributed by atoms with Crippen LogP contribution >= 0.6 is 34.5 Å². The van der Waals surface area contributed by atoms with Crippen LogP contribution in [0.3, 0.4) is 0 Å². The highest BCUT2D eigenvalue weighted by Gasteiger charge is 2.23. The van der Waals surface area contributed by atoms with Gasteiger partial charge in [-0.2, -0.15) is 0 Å². The summed E-state index contributed by atoms with van der Waals surface area (Å²) >= 11 is 13.9. The number of anilines is 1. The van der Waals surface area contributed by atoms with Crippen LogP contribution in [0.25, 0.3) is 0 Å². The van der Waals surface area contributed by atoms with Gasteiger partial charge in [0.2, 0.25) is 0 Å². The molecule has 2 nitrogen and oxygen atoms in total. The van der Waals surface area contributed by atoms with Crippen LogP contribution in [0.1, 0.15) is 29.3 Å². The molecule has 2 heterocycles. The van der Waals surface area contributed by atoms with Gasteiger partial charge >= 0.3 is 0 Å². The summed E-state index contributed by atoms with van der Waals surface area (Å²) < 4.78 is 0.867. The van der Waals surface area contributed by atoms with E-state index in [1.807, 2.05) is 0 Å². The average Bonchev–Trinajstić information content (AvgIpc) is 2.73. The number of rotatable bonds is 2. The minimum Gasteiger partial charge on any atom is -0.376 e. The number of nitrogens with zero attached hydrogens (tertiary/aromatic N) is 1. The first kappa shape index (κ1) is 12.3. The van der Waals surface area contributed by atoms with Crippen molar-refractivity contribution in [3.63, 3.8) is 0 Å². The lowest BCUT2D eigenvalue weighted by Gasteiger charge is -2.24. The minimum atomic E-state index is 0.291. The maximum absolute atomic E-state index is 6.15. The van der Waals surface area contributed by atoms with Gasteiger partial charge in [-0.25, -0.2) is 0 Å². The Balaban J connectivity index is 1.88. The molecule has 1 aliphatic carbocycles. The van der Waals surface area contributed by atoms with Crippen LogP contribution < -0.4 is 5.32 Å². The number of halogens is 2. The van der Waals surface area contributed by atoms with Crippen molar-refractivity contribution in [3.05, 3.63) is 44.3 Å². The summed E-state index contributed by atoms with van der Waals surface area (Å²) in [5.41, 5.74) is 2.20. The molecule has 5 heteroatoms. The maximum atomic E-state index is 6.15. The van der Waals surface area contributed by atoms with Crippen LogP contribution in [0.5, 0.6) is 0 Å². The highest BCUT2D eigenvalue weighted by atomic mass is 35.5. The third-order valence-corrected chi connectivity index (χ3v) is 4.85. The van der Waals surface area contributed by atoms with Crippen molar-refractivity contribution in [2.24, 2.45) is 0 Å². The number of hydrogen-bond donors (Lipinski definition) is 1. The fourth-order valence-corrected chi connectivity index (χ4v) is 3.89. The third-order valence-electron chi connectivity index (χ3n) is 3.18. The monoisotopic (exact) mass is 298 g/mol. The molecule has 2 aromatic rings. The molecule has 1 unspecified atom stereocenters. The summed E-state index contributed by atoms with van der Waals surface area (Å²) in [7, 11) is 0. The van der Waals surface area contributed by atoms with Gasteiger partial charge in [-0.05, 0) is 37.0 Å². The summed E-state index contributed by atoms with van der Waals surface area (Å²) in [5.74, 6) is 0. The number of pyridine rings is 1. The number of fused-ring (bicyclic) bond motifs is 1. The molecule has 94 valence electrons. The summed E-state index contributed by atoms with van der Waals surface area (Å²) in [4.78, 5) is 5.49. The van der Waals surface area contributed by atoms with Gasteiger partial charge in [-0.3, -0.25) is 4.98 Å². The second-order valence-electron chi connectivity index (χ2n) is 4.37. The first-order chi connectivity index (χ1) is 8.74. The van der Waals surface area contributed by atoms with Crippen LogP contribution in [-0.4, -0.2) is 4.98 Å². The predicted octanol–water partition coefficient (Wildman–Crippen LogP) is 4.94. The summed E-state index contributed by atoms with van der Waals surface area (Å²) in [5, 5.41) is 4.18. The SMILES string of the molecule is Clc1cc2c(s1)CCCC2Nc1cnccc1Cl. The van der Waals surface area contributed by atoms with E-state index in [1.165, 1.54) is 16.9 Å². The smallest absolute Gasteiger partial charge is 0.0934 e. The van der Waals surface area contributed by atoms with Crippen LogP contribution in [0.15, 0.2) is 24.5 Å². The van der Waals surface area contributed by atoms with Crippen molar-refractivity contribution in [1.29, 1.82) is 0 Å². The van der Waals surface area contributed by atoms with E-state index in [0.29, 0.717) is 11.1 Å². The minimum absolute atomic E-state index is 0.291. The van der Waals surface area contributed by atoms with Crippen molar-refractivity contribution in [1.82, 2.24) is 4.98 Å². The molecule has 1 aliphatic rings. The van der Waals surface area contributed by atoms with Crippen molar-refractivity contribution in [2.45, 2.75) is 25.3 Å². The zero-order chi connectivity index (χ0) is 12.5. The van der Waals surface area contributed by atoms with Crippen molar-refractivity contribution in [2.75, 3.05) is 5.32 Å². The Labute approximate surface area is 120 Å². The molecule has 0 aromatic carbocycles. The Hall–Kier alpha value is -0.770. The molecule has 0 bridgehead atoms. The van der Waals surface area contributed by atoms with E-state index in [0.717, 1.165) is 22.9 Å². The van der Waals surface area contributed by atoms with Crippen LogP contribution in [0.2, 0.25) is 9.36 Å². The molecule has 3 rings (SSSR count). The first-order valence-corrected chi connectivity index (χ1v) is 7.45. The first-order valence-electron chi connectivity index (χ1n) is 5.88. The molecule has 0 amide bonds. The lowest BCUT2D eigenvalue weighted by molar-refractivity contribution is 0.608. The lowest BCUT2D eigenvalue weighted by atomic mass is 9.94. The molecule has 2 aromatic heterocycles. The van der Waals surface area contributed by atoms with E-state index in [9.17, 15) is 0 Å². The van der Waals surface area contributed by atoms with Crippen LogP contribution in [-0.2, 0) is 6.42 Å². The van der Waals surface area contributed by atoms with Gasteiger partial charge in [-0.1, -0.05) is 23.2 Å². The van der Waals surface area contributed by atoms with Crippen LogP contribution in [0, 0.1) is 0 Å². The Morgan fingerprint density at radius 1 is 1.39 bits per heavy atom. The van der Waals surface area contributed by atoms with Gasteiger partial charge in [0.15, 0.2) is 0 Å². The van der Waals surface area contributed by atoms with E-state index in [1.54, 1.807) is 29.8 Å². The molecular formula is C13H12Cl2N2S. The largest absolute Gasteiger partial charge is 0.376 e. The molecule has 0 saturated heterocycles. The zero-order valence-electron chi connectivity index (χ0n) is 9.62. The topological polar surface area (TPSA) is 24.9 Å². The summed E-state index contributed by atoms with van der Waals surface area (Å²) in [6, 6.07) is 4.16. The van der Waals surface area contributed by atoms with Gasteiger partial charge in [-0.15, -0.1) is 11.3 Å². The normalized spacial score (nSPS) is 18.4. The second kappa shape index (κ2) is 5.08. The van der Waals surface area contributed by atoms with Gasteiger partial charge in [0, 0.05) is 11.1 Å². The molecule has 0 aliphatic heterocycles. The zero-order valence-corrected chi connectivity index (χ0v) is 11.9. The number of aryl methyl sites for hydroxylation is 1. The summed E-state index contributed by atoms with van der Waals surface area (Å²) in [6.45, 7) is 0. The van der Waals surface area contributed by atoms with Gasteiger partial charge in [0.1, 0.15) is 0 Å². The molecule has 0 spiro atoms. The maximum Gasteiger partial charge on any atom is 0.0934 e. The fraction of sp³-hybridized carbons (Fsp3) is 0.308.